The van der Waals surface area contributed by atoms with Crippen LogP contribution < -0.4 is 0 Å². The standard InChI is InChI=1S/C12H14BrNO4S/c1-3-7-14(4-2)19(17,18)9-5-6-11(13)10(8-9)12(15)16/h3,5-6,8H,1,4,7H2,2H3,(H,15,16). The zero-order valence-electron chi connectivity index (χ0n) is 10.3. The normalized spacial score (nSPS) is 11.5. The Labute approximate surface area is 120 Å². The molecule has 0 heterocycles. The molecule has 19 heavy (non-hydrogen) atoms. The maximum Gasteiger partial charge on any atom is 0.336 e. The Bertz CT molecular complexity index is 598. The average molecular weight is 348 g/mol. The van der Waals surface area contributed by atoms with E-state index in [9.17, 15) is 13.2 Å². The van der Waals surface area contributed by atoms with Gasteiger partial charge in [0.25, 0.3) is 0 Å². The molecule has 0 atom stereocenters. The third kappa shape index (κ3) is 3.43. The number of carboxylic acid groups (broad SMARTS) is 1. The molecule has 0 aromatic heterocycles. The smallest absolute Gasteiger partial charge is 0.336 e. The molecule has 5 nitrogen and oxygen atoms in total. The molecule has 0 unspecified atom stereocenters. The first-order valence-electron chi connectivity index (χ1n) is 5.48. The lowest BCUT2D eigenvalue weighted by atomic mass is 10.2. The maximum atomic E-state index is 12.3. The van der Waals surface area contributed by atoms with Crippen LogP contribution in [0.15, 0.2) is 40.2 Å². The van der Waals surface area contributed by atoms with Gasteiger partial charge in [0.1, 0.15) is 0 Å². The number of rotatable bonds is 6. The van der Waals surface area contributed by atoms with Crippen molar-refractivity contribution in [3.8, 4) is 0 Å². The van der Waals surface area contributed by atoms with E-state index in [1.807, 2.05) is 0 Å². The zero-order valence-corrected chi connectivity index (χ0v) is 12.7. The summed E-state index contributed by atoms with van der Waals surface area (Å²) in [4.78, 5) is 11.0. The van der Waals surface area contributed by atoms with Gasteiger partial charge in [-0.25, -0.2) is 13.2 Å². The van der Waals surface area contributed by atoms with Crippen LogP contribution in [-0.2, 0) is 10.0 Å². The molecule has 0 aliphatic carbocycles. The Morgan fingerprint density at radius 3 is 2.63 bits per heavy atom. The zero-order chi connectivity index (χ0) is 14.6. The predicted molar refractivity (Wildman–Crippen MR) is 75.7 cm³/mol. The molecule has 1 aromatic rings. The van der Waals surface area contributed by atoms with E-state index >= 15 is 0 Å². The van der Waals surface area contributed by atoms with Crippen molar-refractivity contribution in [3.63, 3.8) is 0 Å². The lowest BCUT2D eigenvalue weighted by Gasteiger charge is -2.19. The topological polar surface area (TPSA) is 74.7 Å². The summed E-state index contributed by atoms with van der Waals surface area (Å²) in [7, 11) is -3.71. The lowest BCUT2D eigenvalue weighted by molar-refractivity contribution is 0.0695. The minimum atomic E-state index is -3.71. The van der Waals surface area contributed by atoms with Crippen LogP contribution in [0.3, 0.4) is 0 Å². The molecule has 0 saturated heterocycles. The first-order chi connectivity index (χ1) is 8.84. The van der Waals surface area contributed by atoms with Crippen molar-refractivity contribution in [2.24, 2.45) is 0 Å². The van der Waals surface area contributed by atoms with Crippen molar-refractivity contribution in [2.45, 2.75) is 11.8 Å². The van der Waals surface area contributed by atoms with Crippen LogP contribution >= 0.6 is 15.9 Å². The quantitative estimate of drug-likeness (QED) is 0.801. The Balaban J connectivity index is 3.32. The van der Waals surface area contributed by atoms with Crippen LogP contribution in [0.4, 0.5) is 0 Å². The van der Waals surface area contributed by atoms with Gasteiger partial charge >= 0.3 is 5.97 Å². The first-order valence-corrected chi connectivity index (χ1v) is 7.71. The Morgan fingerprint density at radius 1 is 1.53 bits per heavy atom. The number of halogens is 1. The van der Waals surface area contributed by atoms with Crippen molar-refractivity contribution >= 4 is 31.9 Å². The molecule has 7 heteroatoms. The molecule has 0 fully saturated rings. The molecule has 1 aromatic carbocycles. The van der Waals surface area contributed by atoms with Crippen LogP contribution in [0.25, 0.3) is 0 Å². The molecule has 1 N–H and O–H groups in total. The van der Waals surface area contributed by atoms with Crippen molar-refractivity contribution in [3.05, 3.63) is 40.9 Å². The highest BCUT2D eigenvalue weighted by Gasteiger charge is 2.23. The van der Waals surface area contributed by atoms with Crippen LogP contribution in [0.2, 0.25) is 0 Å². The van der Waals surface area contributed by atoms with Gasteiger partial charge in [0.05, 0.1) is 10.5 Å². The van der Waals surface area contributed by atoms with Gasteiger partial charge in [0.2, 0.25) is 10.0 Å². The number of sulfonamides is 1. The molecule has 0 aliphatic rings. The summed E-state index contributed by atoms with van der Waals surface area (Å²) in [6.45, 7) is 5.68. The second-order valence-corrected chi connectivity index (χ2v) is 6.48. The SMILES string of the molecule is C=CCN(CC)S(=O)(=O)c1ccc(Br)c(C(=O)O)c1. The number of likely N-dealkylation sites (N-methyl/N-ethyl adjacent to an activating group) is 1. The molecule has 0 bridgehead atoms. The number of benzene rings is 1. The fourth-order valence-electron chi connectivity index (χ4n) is 1.52. The Hall–Kier alpha value is -1.18. The Morgan fingerprint density at radius 2 is 2.16 bits per heavy atom. The van der Waals surface area contributed by atoms with Gasteiger partial charge in [-0.1, -0.05) is 13.0 Å². The predicted octanol–water partition coefficient (Wildman–Crippen LogP) is 2.34. The number of hydrogen-bond acceptors (Lipinski definition) is 3. The summed E-state index contributed by atoms with van der Waals surface area (Å²) in [6.07, 6.45) is 1.48. The summed E-state index contributed by atoms with van der Waals surface area (Å²) >= 11 is 3.08. The fraction of sp³-hybridized carbons (Fsp3) is 0.250. The summed E-state index contributed by atoms with van der Waals surface area (Å²) in [5.74, 6) is -1.18. The van der Waals surface area contributed by atoms with E-state index in [0.29, 0.717) is 4.47 Å². The lowest BCUT2D eigenvalue weighted by Crippen LogP contribution is -2.31. The van der Waals surface area contributed by atoms with E-state index in [1.54, 1.807) is 6.92 Å². The molecule has 0 amide bonds. The van der Waals surface area contributed by atoms with E-state index in [1.165, 1.54) is 22.5 Å². The average Bonchev–Trinajstić information content (AvgIpc) is 2.35. The van der Waals surface area contributed by atoms with Crippen LogP contribution in [0.1, 0.15) is 17.3 Å². The molecule has 1 rings (SSSR count). The van der Waals surface area contributed by atoms with Gasteiger partial charge in [0.15, 0.2) is 0 Å². The number of carboxylic acids is 1. The van der Waals surface area contributed by atoms with E-state index in [4.69, 9.17) is 5.11 Å². The third-order valence-electron chi connectivity index (χ3n) is 2.49. The van der Waals surface area contributed by atoms with Crippen molar-refractivity contribution in [2.75, 3.05) is 13.1 Å². The first kappa shape index (κ1) is 15.9. The van der Waals surface area contributed by atoms with Crippen molar-refractivity contribution < 1.29 is 18.3 Å². The number of aromatic carboxylic acids is 1. The highest BCUT2D eigenvalue weighted by molar-refractivity contribution is 9.10. The minimum Gasteiger partial charge on any atom is -0.478 e. The van der Waals surface area contributed by atoms with Crippen LogP contribution in [0, 0.1) is 0 Å². The van der Waals surface area contributed by atoms with E-state index in [-0.39, 0.29) is 23.5 Å². The summed E-state index contributed by atoms with van der Waals surface area (Å²) in [5.41, 5.74) is -0.0873. The van der Waals surface area contributed by atoms with Gasteiger partial charge in [-0.3, -0.25) is 0 Å². The van der Waals surface area contributed by atoms with Crippen LogP contribution in [0.5, 0.6) is 0 Å². The molecule has 0 saturated carbocycles. The van der Waals surface area contributed by atoms with E-state index < -0.39 is 16.0 Å². The minimum absolute atomic E-state index is 0.0446. The largest absolute Gasteiger partial charge is 0.478 e. The number of hydrogen-bond donors (Lipinski definition) is 1. The monoisotopic (exact) mass is 347 g/mol. The second kappa shape index (κ2) is 6.31. The highest BCUT2D eigenvalue weighted by Crippen LogP contribution is 2.23. The summed E-state index contributed by atoms with van der Waals surface area (Å²) in [5, 5.41) is 9.00. The van der Waals surface area contributed by atoms with E-state index in [2.05, 4.69) is 22.5 Å². The van der Waals surface area contributed by atoms with E-state index in [0.717, 1.165) is 6.07 Å². The molecule has 0 spiro atoms. The molecular formula is C12H14BrNO4S. The Kier molecular flexibility index (Phi) is 5.28. The molecule has 0 aliphatic heterocycles. The summed E-state index contributed by atoms with van der Waals surface area (Å²) in [6, 6.07) is 3.93. The number of carbonyl (C=O) groups is 1. The third-order valence-corrected chi connectivity index (χ3v) is 5.12. The van der Waals surface area contributed by atoms with Gasteiger partial charge < -0.3 is 5.11 Å². The summed E-state index contributed by atoms with van der Waals surface area (Å²) < 4.78 is 26.2. The van der Waals surface area contributed by atoms with Gasteiger partial charge in [-0.05, 0) is 34.1 Å². The molecular weight excluding hydrogens is 334 g/mol. The fourth-order valence-corrected chi connectivity index (χ4v) is 3.38. The van der Waals surface area contributed by atoms with Crippen molar-refractivity contribution in [1.82, 2.24) is 4.31 Å². The maximum absolute atomic E-state index is 12.3. The van der Waals surface area contributed by atoms with Gasteiger partial charge in [-0.15, -0.1) is 6.58 Å². The highest BCUT2D eigenvalue weighted by atomic mass is 79.9. The molecule has 0 radical (unpaired) electrons. The van der Waals surface area contributed by atoms with Crippen molar-refractivity contribution in [1.29, 1.82) is 0 Å². The van der Waals surface area contributed by atoms with Gasteiger partial charge in [-0.2, -0.15) is 4.31 Å². The second-order valence-electron chi connectivity index (χ2n) is 3.69. The number of nitrogens with zero attached hydrogens (tertiary/aromatic N) is 1. The van der Waals surface area contributed by atoms with Crippen LogP contribution in [-0.4, -0.2) is 36.9 Å². The molecule has 104 valence electrons. The van der Waals surface area contributed by atoms with Gasteiger partial charge in [0, 0.05) is 17.6 Å².